The van der Waals surface area contributed by atoms with Gasteiger partial charge in [-0.3, -0.25) is 4.79 Å². The molecule has 5 nitrogen and oxygen atoms in total. The maximum Gasteiger partial charge on any atom is 0.322 e. The lowest BCUT2D eigenvalue weighted by molar-refractivity contribution is -0.119. The summed E-state index contributed by atoms with van der Waals surface area (Å²) in [5.41, 5.74) is 2.29. The van der Waals surface area contributed by atoms with Crippen LogP contribution in [0.15, 0.2) is 48.5 Å². The van der Waals surface area contributed by atoms with E-state index in [0.29, 0.717) is 12.2 Å². The van der Waals surface area contributed by atoms with Crippen molar-refractivity contribution in [2.45, 2.75) is 31.7 Å². The second kappa shape index (κ2) is 8.66. The van der Waals surface area contributed by atoms with Crippen molar-refractivity contribution in [2.24, 2.45) is 0 Å². The second-order valence-electron chi connectivity index (χ2n) is 6.74. The molecule has 3 rings (SSSR count). The predicted octanol–water partition coefficient (Wildman–Crippen LogP) is 3.87. The van der Waals surface area contributed by atoms with Gasteiger partial charge >= 0.3 is 6.03 Å². The molecule has 2 aromatic rings. The van der Waals surface area contributed by atoms with E-state index in [1.165, 1.54) is 12.1 Å². The van der Waals surface area contributed by atoms with E-state index in [1.54, 1.807) is 30.1 Å². The van der Waals surface area contributed by atoms with E-state index in [-0.39, 0.29) is 30.2 Å². The van der Waals surface area contributed by atoms with Crippen LogP contribution >= 0.6 is 0 Å². The Morgan fingerprint density at radius 3 is 2.74 bits per heavy atom. The van der Waals surface area contributed by atoms with Crippen molar-refractivity contribution in [1.29, 1.82) is 0 Å². The van der Waals surface area contributed by atoms with Gasteiger partial charge in [0.15, 0.2) is 0 Å². The summed E-state index contributed by atoms with van der Waals surface area (Å²) in [5.74, 6) is -0.374. The molecule has 6 heteroatoms. The molecular formula is C21H24FN3O2. The minimum atomic E-state index is -0.291. The van der Waals surface area contributed by atoms with Crippen molar-refractivity contribution >= 4 is 17.6 Å². The zero-order valence-electron chi connectivity index (χ0n) is 15.4. The molecule has 1 aliphatic heterocycles. The monoisotopic (exact) mass is 369 g/mol. The van der Waals surface area contributed by atoms with Crippen molar-refractivity contribution in [1.82, 2.24) is 10.2 Å². The third-order valence-electron chi connectivity index (χ3n) is 4.82. The van der Waals surface area contributed by atoms with E-state index in [2.05, 4.69) is 10.6 Å². The van der Waals surface area contributed by atoms with Crippen molar-refractivity contribution in [2.75, 3.05) is 18.9 Å². The zero-order valence-corrected chi connectivity index (χ0v) is 15.4. The van der Waals surface area contributed by atoms with Gasteiger partial charge in [0.2, 0.25) is 5.91 Å². The number of nitrogens with zero attached hydrogens (tertiary/aromatic N) is 1. The fourth-order valence-electron chi connectivity index (χ4n) is 3.46. The molecule has 1 atom stereocenters. The number of anilines is 1. The number of nitrogens with one attached hydrogen (secondary N) is 2. The number of halogens is 1. The number of hydrogen-bond acceptors (Lipinski definition) is 2. The van der Waals surface area contributed by atoms with Crippen LogP contribution in [0.4, 0.5) is 14.9 Å². The van der Waals surface area contributed by atoms with Crippen LogP contribution in [0.5, 0.6) is 0 Å². The Balaban J connectivity index is 1.74. The number of hydrogen-bond donors (Lipinski definition) is 2. The Hall–Kier alpha value is -2.89. The van der Waals surface area contributed by atoms with Gasteiger partial charge in [0.25, 0.3) is 0 Å². The molecule has 3 amide bonds. The lowest BCUT2D eigenvalue weighted by Gasteiger charge is -2.36. The quantitative estimate of drug-likeness (QED) is 0.859. The van der Waals surface area contributed by atoms with Crippen LogP contribution in [-0.2, 0) is 11.2 Å². The zero-order chi connectivity index (χ0) is 19.2. The van der Waals surface area contributed by atoms with Crippen LogP contribution in [-0.4, -0.2) is 30.4 Å². The Labute approximate surface area is 158 Å². The molecule has 1 fully saturated rings. The number of urea groups is 1. The van der Waals surface area contributed by atoms with Crippen molar-refractivity contribution in [3.8, 4) is 0 Å². The highest BCUT2D eigenvalue weighted by molar-refractivity contribution is 5.90. The Morgan fingerprint density at radius 1 is 1.15 bits per heavy atom. The first-order valence-electron chi connectivity index (χ1n) is 9.19. The maximum atomic E-state index is 13.6. The fourth-order valence-corrected chi connectivity index (χ4v) is 3.46. The lowest BCUT2D eigenvalue weighted by Crippen LogP contribution is -2.41. The van der Waals surface area contributed by atoms with Crippen LogP contribution in [0.25, 0.3) is 0 Å². The van der Waals surface area contributed by atoms with Crippen LogP contribution in [0.2, 0.25) is 0 Å². The van der Waals surface area contributed by atoms with Crippen molar-refractivity contribution in [3.05, 3.63) is 65.5 Å². The van der Waals surface area contributed by atoms with Gasteiger partial charge in [0.05, 0.1) is 12.5 Å². The highest BCUT2D eigenvalue weighted by Crippen LogP contribution is 2.31. The average Bonchev–Trinajstić information content (AvgIpc) is 2.68. The summed E-state index contributed by atoms with van der Waals surface area (Å²) < 4.78 is 13.6. The normalized spacial score (nSPS) is 16.7. The molecule has 2 aromatic carbocycles. The number of amides is 3. The molecule has 0 saturated carbocycles. The Kier molecular flexibility index (Phi) is 6.06. The van der Waals surface area contributed by atoms with E-state index >= 15 is 0 Å². The van der Waals surface area contributed by atoms with Gasteiger partial charge in [-0.25, -0.2) is 9.18 Å². The third kappa shape index (κ3) is 4.84. The van der Waals surface area contributed by atoms with E-state index in [1.807, 2.05) is 18.2 Å². The van der Waals surface area contributed by atoms with Crippen molar-refractivity contribution in [3.63, 3.8) is 0 Å². The molecule has 0 bridgehead atoms. The van der Waals surface area contributed by atoms with Crippen LogP contribution < -0.4 is 10.6 Å². The molecule has 142 valence electrons. The largest absolute Gasteiger partial charge is 0.359 e. The molecule has 2 N–H and O–H groups in total. The SMILES string of the molecule is CNC(=O)Cc1cccc(NC(=O)N2CCCCC2c2cccc(F)c2)c1. The minimum Gasteiger partial charge on any atom is -0.359 e. The number of likely N-dealkylation sites (tertiary alicyclic amines) is 1. The van der Waals surface area contributed by atoms with Gasteiger partial charge in [-0.2, -0.15) is 0 Å². The summed E-state index contributed by atoms with van der Waals surface area (Å²) in [6.45, 7) is 0.630. The van der Waals surface area contributed by atoms with Crippen molar-refractivity contribution < 1.29 is 14.0 Å². The van der Waals surface area contributed by atoms with Crippen LogP contribution in [0, 0.1) is 5.82 Å². The second-order valence-corrected chi connectivity index (χ2v) is 6.74. The smallest absolute Gasteiger partial charge is 0.322 e. The van der Waals surface area contributed by atoms with Crippen LogP contribution in [0.3, 0.4) is 0 Å². The summed E-state index contributed by atoms with van der Waals surface area (Å²) in [5, 5.41) is 5.51. The standard InChI is InChI=1S/C21H24FN3O2/c1-23-20(26)13-15-6-4-9-18(12-15)24-21(27)25-11-3-2-10-19(25)16-7-5-8-17(22)14-16/h4-9,12,14,19H,2-3,10-11,13H2,1H3,(H,23,26)(H,24,27). The first kappa shape index (κ1) is 18.9. The summed E-state index contributed by atoms with van der Waals surface area (Å²) in [4.78, 5) is 26.2. The molecular weight excluding hydrogens is 345 g/mol. The van der Waals surface area contributed by atoms with Gasteiger partial charge < -0.3 is 15.5 Å². The summed E-state index contributed by atoms with van der Waals surface area (Å²) in [6, 6.07) is 13.4. The van der Waals surface area contributed by atoms with Gasteiger partial charge in [-0.05, 0) is 54.7 Å². The summed E-state index contributed by atoms with van der Waals surface area (Å²) in [6.07, 6.45) is 3.01. The van der Waals surface area contributed by atoms with Gasteiger partial charge in [-0.1, -0.05) is 24.3 Å². The Bertz CT molecular complexity index is 825. The van der Waals surface area contributed by atoms with Gasteiger partial charge in [0.1, 0.15) is 5.82 Å². The van der Waals surface area contributed by atoms with E-state index in [4.69, 9.17) is 0 Å². The van der Waals surface area contributed by atoms with E-state index < -0.39 is 0 Å². The molecule has 27 heavy (non-hydrogen) atoms. The molecule has 1 unspecified atom stereocenters. The fraction of sp³-hybridized carbons (Fsp3) is 0.333. The van der Waals surface area contributed by atoms with Gasteiger partial charge in [0, 0.05) is 19.3 Å². The topological polar surface area (TPSA) is 61.4 Å². The van der Waals surface area contributed by atoms with Crippen LogP contribution in [0.1, 0.15) is 36.4 Å². The minimum absolute atomic E-state index is 0.0827. The first-order valence-corrected chi connectivity index (χ1v) is 9.19. The predicted molar refractivity (Wildman–Crippen MR) is 103 cm³/mol. The number of carbonyl (C=O) groups excluding carboxylic acids is 2. The number of likely N-dealkylation sites (N-methyl/N-ethyl adjacent to an activating group) is 1. The molecule has 1 aliphatic rings. The first-order chi connectivity index (χ1) is 13.1. The Morgan fingerprint density at radius 2 is 1.96 bits per heavy atom. The summed E-state index contributed by atoms with van der Waals surface area (Å²) in [7, 11) is 1.59. The van der Waals surface area contributed by atoms with E-state index in [0.717, 1.165) is 30.4 Å². The molecule has 0 aromatic heterocycles. The molecule has 0 radical (unpaired) electrons. The van der Waals surface area contributed by atoms with Gasteiger partial charge in [-0.15, -0.1) is 0 Å². The third-order valence-corrected chi connectivity index (χ3v) is 4.82. The molecule has 1 saturated heterocycles. The number of benzene rings is 2. The molecule has 0 spiro atoms. The summed E-state index contributed by atoms with van der Waals surface area (Å²) >= 11 is 0. The number of rotatable bonds is 4. The highest BCUT2D eigenvalue weighted by atomic mass is 19.1. The highest BCUT2D eigenvalue weighted by Gasteiger charge is 2.28. The maximum absolute atomic E-state index is 13.6. The number of piperidine rings is 1. The lowest BCUT2D eigenvalue weighted by atomic mass is 9.95. The molecule has 1 heterocycles. The average molecular weight is 369 g/mol. The molecule has 0 aliphatic carbocycles. The van der Waals surface area contributed by atoms with E-state index in [9.17, 15) is 14.0 Å². The number of carbonyl (C=O) groups is 2.